The van der Waals surface area contributed by atoms with Gasteiger partial charge in [0.2, 0.25) is 11.8 Å². The Balaban J connectivity index is 1.20. The number of amides is 2. The molecule has 0 atom stereocenters. The van der Waals surface area contributed by atoms with Crippen molar-refractivity contribution < 1.29 is 19.1 Å². The average molecular weight is 723 g/mol. The topological polar surface area (TPSA) is 146 Å². The van der Waals surface area contributed by atoms with Crippen molar-refractivity contribution in [2.45, 2.75) is 29.8 Å². The molecule has 12 nitrogen and oxygen atoms in total. The van der Waals surface area contributed by atoms with Crippen LogP contribution >= 0.6 is 23.5 Å². The van der Waals surface area contributed by atoms with Gasteiger partial charge >= 0.3 is 0 Å². The zero-order valence-electron chi connectivity index (χ0n) is 27.8. The van der Waals surface area contributed by atoms with E-state index in [0.29, 0.717) is 61.4 Å². The molecular formula is C37H34N6O6S2. The molecule has 51 heavy (non-hydrogen) atoms. The summed E-state index contributed by atoms with van der Waals surface area (Å²) in [6.07, 6.45) is 0.368. The molecule has 0 spiro atoms. The van der Waals surface area contributed by atoms with Crippen LogP contribution < -0.4 is 31.2 Å². The number of nitrogens with zero attached hydrogens (tertiary/aromatic N) is 4. The third-order valence-corrected chi connectivity index (χ3v) is 9.74. The van der Waals surface area contributed by atoms with Gasteiger partial charge in [-0.3, -0.25) is 28.3 Å². The fourth-order valence-corrected chi connectivity index (χ4v) is 7.00. The summed E-state index contributed by atoms with van der Waals surface area (Å²) >= 11 is 2.31. The molecule has 0 unspecified atom stereocenters. The Bertz CT molecular complexity index is 2180. The number of methoxy groups -OCH3 is 2. The van der Waals surface area contributed by atoms with Gasteiger partial charge in [-0.1, -0.05) is 59.9 Å². The zero-order chi connectivity index (χ0) is 35.7. The first-order valence-electron chi connectivity index (χ1n) is 16.0. The lowest BCUT2D eigenvalue weighted by atomic mass is 10.2. The maximum atomic E-state index is 13.7. The van der Waals surface area contributed by atoms with Crippen LogP contribution in [0.1, 0.15) is 6.42 Å². The lowest BCUT2D eigenvalue weighted by molar-refractivity contribution is -0.114. The van der Waals surface area contributed by atoms with E-state index < -0.39 is 0 Å². The van der Waals surface area contributed by atoms with Crippen molar-refractivity contribution in [2.24, 2.45) is 0 Å². The molecule has 260 valence electrons. The predicted molar refractivity (Wildman–Crippen MR) is 201 cm³/mol. The van der Waals surface area contributed by atoms with E-state index in [1.54, 1.807) is 120 Å². The molecule has 2 N–H and O–H groups in total. The summed E-state index contributed by atoms with van der Waals surface area (Å²) < 4.78 is 13.6. The second-order valence-corrected chi connectivity index (χ2v) is 13.1. The number of rotatable bonds is 14. The number of thioether (sulfide) groups is 2. The van der Waals surface area contributed by atoms with Gasteiger partial charge in [0.05, 0.1) is 47.5 Å². The van der Waals surface area contributed by atoms with Crippen LogP contribution in [0.5, 0.6) is 11.5 Å². The molecule has 2 amide bonds. The second kappa shape index (κ2) is 16.4. The number of benzene rings is 4. The van der Waals surface area contributed by atoms with Crippen LogP contribution in [0.3, 0.4) is 0 Å². The van der Waals surface area contributed by atoms with E-state index in [4.69, 9.17) is 19.4 Å². The molecule has 0 radical (unpaired) electrons. The minimum Gasteiger partial charge on any atom is -0.497 e. The summed E-state index contributed by atoms with van der Waals surface area (Å²) in [5.74, 6) is 0.707. The van der Waals surface area contributed by atoms with E-state index >= 15 is 0 Å². The third-order valence-electron chi connectivity index (χ3n) is 7.79. The number of aromatic nitrogens is 4. The van der Waals surface area contributed by atoms with Gasteiger partial charge < -0.3 is 20.1 Å². The van der Waals surface area contributed by atoms with Gasteiger partial charge in [0.15, 0.2) is 10.3 Å². The third kappa shape index (κ3) is 8.59. The van der Waals surface area contributed by atoms with E-state index in [1.165, 1.54) is 0 Å². The van der Waals surface area contributed by atoms with Crippen molar-refractivity contribution in [3.63, 3.8) is 0 Å². The Morgan fingerprint density at radius 1 is 0.627 bits per heavy atom. The van der Waals surface area contributed by atoms with Crippen molar-refractivity contribution in [1.29, 1.82) is 0 Å². The highest BCUT2D eigenvalue weighted by atomic mass is 32.2. The van der Waals surface area contributed by atoms with Crippen molar-refractivity contribution >= 4 is 68.5 Å². The van der Waals surface area contributed by atoms with Crippen molar-refractivity contribution in [3.8, 4) is 11.5 Å². The molecule has 4 aromatic carbocycles. The number of ether oxygens (including phenoxy) is 2. The standard InChI is InChI=1S/C37H34N6O6S2/c1-48-26-12-7-10-24(20-26)38-32(44)22-50-36-40-30-16-5-3-14-28(30)34(46)42(36)18-9-19-43-35(47)29-15-4-6-17-31(29)41-37(43)51-23-33(45)39-25-11-8-13-27(21-25)49-2/h3-8,10-17,20-21H,9,18-19,22-23H2,1-2H3,(H,38,44)(H,39,45). The molecule has 0 fully saturated rings. The van der Waals surface area contributed by atoms with Crippen LogP contribution in [0.4, 0.5) is 11.4 Å². The van der Waals surface area contributed by atoms with E-state index in [9.17, 15) is 19.2 Å². The molecule has 2 heterocycles. The van der Waals surface area contributed by atoms with Gasteiger partial charge in [-0.05, 0) is 55.0 Å². The number of nitrogens with one attached hydrogen (secondary N) is 2. The summed E-state index contributed by atoms with van der Waals surface area (Å²) in [4.78, 5) is 62.7. The Morgan fingerprint density at radius 2 is 1.06 bits per heavy atom. The van der Waals surface area contributed by atoms with Crippen LogP contribution in [0.15, 0.2) is 117 Å². The highest BCUT2D eigenvalue weighted by Gasteiger charge is 2.17. The highest BCUT2D eigenvalue weighted by molar-refractivity contribution is 8.00. The van der Waals surface area contributed by atoms with Gasteiger partial charge in [-0.2, -0.15) is 0 Å². The SMILES string of the molecule is COc1cccc(NC(=O)CSc2nc3ccccc3c(=O)n2CCCn2c(SCC(=O)Nc3cccc(OC)c3)nc3ccccc3c2=O)c1. The predicted octanol–water partition coefficient (Wildman–Crippen LogP) is 5.68. The molecule has 2 aromatic heterocycles. The van der Waals surface area contributed by atoms with Gasteiger partial charge in [0, 0.05) is 36.6 Å². The highest BCUT2D eigenvalue weighted by Crippen LogP contribution is 2.23. The van der Waals surface area contributed by atoms with Crippen LogP contribution in [-0.2, 0) is 22.7 Å². The summed E-state index contributed by atoms with van der Waals surface area (Å²) in [5, 5.41) is 7.37. The van der Waals surface area contributed by atoms with Gasteiger partial charge in [-0.15, -0.1) is 0 Å². The van der Waals surface area contributed by atoms with Crippen molar-refractivity contribution in [3.05, 3.63) is 118 Å². The minimum absolute atomic E-state index is 0.00859. The molecule has 0 saturated carbocycles. The minimum atomic E-state index is -0.270. The number of carbonyl (C=O) groups excluding carboxylic acids is 2. The fourth-order valence-electron chi connectivity index (χ4n) is 5.35. The average Bonchev–Trinajstić information content (AvgIpc) is 3.15. The second-order valence-electron chi connectivity index (χ2n) is 11.2. The Hall–Kier alpha value is -5.60. The Kier molecular flexibility index (Phi) is 11.3. The molecule has 6 rings (SSSR count). The first-order chi connectivity index (χ1) is 24.8. The first kappa shape index (κ1) is 35.2. The monoisotopic (exact) mass is 722 g/mol. The van der Waals surface area contributed by atoms with Gasteiger partial charge in [0.25, 0.3) is 11.1 Å². The smallest absolute Gasteiger partial charge is 0.262 e. The van der Waals surface area contributed by atoms with E-state index in [-0.39, 0.29) is 47.5 Å². The number of fused-ring (bicyclic) bond motifs is 2. The zero-order valence-corrected chi connectivity index (χ0v) is 29.5. The number of para-hydroxylation sites is 2. The summed E-state index contributed by atoms with van der Waals surface area (Å²) in [7, 11) is 3.11. The van der Waals surface area contributed by atoms with Crippen LogP contribution in [0.2, 0.25) is 0 Å². The molecule has 0 aliphatic carbocycles. The molecule has 6 aromatic rings. The molecule has 0 aliphatic rings. The summed E-state index contributed by atoms with van der Waals surface area (Å²) in [6.45, 7) is 0.437. The van der Waals surface area contributed by atoms with Gasteiger partial charge in [0.1, 0.15) is 11.5 Å². The molecule has 14 heteroatoms. The van der Waals surface area contributed by atoms with Crippen molar-refractivity contribution in [2.75, 3.05) is 36.4 Å². The molecule has 0 saturated heterocycles. The number of anilines is 2. The van der Waals surface area contributed by atoms with Crippen LogP contribution in [0.25, 0.3) is 21.8 Å². The lowest BCUT2D eigenvalue weighted by Gasteiger charge is -2.16. The number of hydrogen-bond acceptors (Lipinski definition) is 10. The van der Waals surface area contributed by atoms with Crippen molar-refractivity contribution in [1.82, 2.24) is 19.1 Å². The van der Waals surface area contributed by atoms with Crippen LogP contribution in [-0.4, -0.2) is 56.6 Å². The number of hydrogen-bond donors (Lipinski definition) is 2. The summed E-state index contributed by atoms with van der Waals surface area (Å²) in [6, 6.07) is 28.2. The largest absolute Gasteiger partial charge is 0.497 e. The first-order valence-corrected chi connectivity index (χ1v) is 17.9. The quantitative estimate of drug-likeness (QED) is 0.106. The maximum absolute atomic E-state index is 13.7. The number of carbonyl (C=O) groups is 2. The Labute approximate surface area is 301 Å². The van der Waals surface area contributed by atoms with E-state index in [2.05, 4.69) is 10.6 Å². The normalized spacial score (nSPS) is 11.0. The lowest BCUT2D eigenvalue weighted by Crippen LogP contribution is -2.27. The summed E-state index contributed by atoms with van der Waals surface area (Å²) in [5.41, 5.74) is 1.73. The molecular weight excluding hydrogens is 689 g/mol. The fraction of sp³-hybridized carbons (Fsp3) is 0.189. The van der Waals surface area contributed by atoms with E-state index in [0.717, 1.165) is 23.5 Å². The molecule has 0 aliphatic heterocycles. The Morgan fingerprint density at radius 3 is 1.49 bits per heavy atom. The van der Waals surface area contributed by atoms with Crippen LogP contribution in [0, 0.1) is 0 Å². The molecule has 0 bridgehead atoms. The van der Waals surface area contributed by atoms with E-state index in [1.807, 2.05) is 0 Å². The van der Waals surface area contributed by atoms with Gasteiger partial charge in [-0.25, -0.2) is 9.97 Å². The maximum Gasteiger partial charge on any atom is 0.262 e.